The van der Waals surface area contributed by atoms with Gasteiger partial charge in [0, 0.05) is 36.8 Å². The van der Waals surface area contributed by atoms with Crippen LogP contribution in [0.5, 0.6) is 5.88 Å². The van der Waals surface area contributed by atoms with E-state index in [4.69, 9.17) is 4.74 Å². The summed E-state index contributed by atoms with van der Waals surface area (Å²) in [5.41, 5.74) is 1.71. The number of methoxy groups -OCH3 is 1. The van der Waals surface area contributed by atoms with Gasteiger partial charge >= 0.3 is 0 Å². The molecule has 0 aromatic carbocycles. The van der Waals surface area contributed by atoms with Gasteiger partial charge in [-0.25, -0.2) is 4.98 Å². The SMILES string of the molecule is COc1ncccc1CNC(=O)/C=C/c1cccnc1. The Kier molecular flexibility index (Phi) is 4.83. The van der Waals surface area contributed by atoms with Crippen LogP contribution < -0.4 is 10.1 Å². The molecule has 0 saturated heterocycles. The van der Waals surface area contributed by atoms with Gasteiger partial charge in [-0.05, 0) is 23.8 Å². The first-order valence-corrected chi connectivity index (χ1v) is 6.13. The molecule has 5 nitrogen and oxygen atoms in total. The van der Waals surface area contributed by atoms with Crippen molar-refractivity contribution in [3.8, 4) is 5.88 Å². The van der Waals surface area contributed by atoms with Crippen LogP contribution in [0, 0.1) is 0 Å². The van der Waals surface area contributed by atoms with E-state index in [0.717, 1.165) is 11.1 Å². The first kappa shape index (κ1) is 13.7. The molecule has 2 rings (SSSR count). The maximum absolute atomic E-state index is 11.7. The van der Waals surface area contributed by atoms with Crippen LogP contribution in [0.3, 0.4) is 0 Å². The number of nitrogens with one attached hydrogen (secondary N) is 1. The number of nitrogens with zero attached hydrogens (tertiary/aromatic N) is 2. The molecule has 2 heterocycles. The minimum absolute atomic E-state index is 0.181. The Hall–Kier alpha value is -2.69. The maximum atomic E-state index is 11.7. The monoisotopic (exact) mass is 269 g/mol. The highest BCUT2D eigenvalue weighted by molar-refractivity contribution is 5.91. The normalized spacial score (nSPS) is 10.4. The molecule has 2 aromatic heterocycles. The highest BCUT2D eigenvalue weighted by Crippen LogP contribution is 2.12. The van der Waals surface area contributed by atoms with E-state index in [0.29, 0.717) is 12.4 Å². The summed E-state index contributed by atoms with van der Waals surface area (Å²) in [5, 5.41) is 2.78. The molecule has 0 aliphatic rings. The van der Waals surface area contributed by atoms with Crippen molar-refractivity contribution in [2.75, 3.05) is 7.11 Å². The predicted octanol–water partition coefficient (Wildman–Crippen LogP) is 1.81. The van der Waals surface area contributed by atoms with Crippen molar-refractivity contribution >= 4 is 12.0 Å². The number of aromatic nitrogens is 2. The lowest BCUT2D eigenvalue weighted by atomic mass is 10.2. The molecule has 20 heavy (non-hydrogen) atoms. The van der Waals surface area contributed by atoms with Crippen LogP contribution in [0.1, 0.15) is 11.1 Å². The molecule has 0 spiro atoms. The Morgan fingerprint density at radius 1 is 1.35 bits per heavy atom. The van der Waals surface area contributed by atoms with E-state index >= 15 is 0 Å². The third-order valence-electron chi connectivity index (χ3n) is 2.61. The van der Waals surface area contributed by atoms with Gasteiger partial charge < -0.3 is 10.1 Å². The number of amides is 1. The lowest BCUT2D eigenvalue weighted by Gasteiger charge is -2.06. The molecular weight excluding hydrogens is 254 g/mol. The summed E-state index contributed by atoms with van der Waals surface area (Å²) in [6.45, 7) is 0.368. The summed E-state index contributed by atoms with van der Waals surface area (Å²) in [7, 11) is 1.55. The molecule has 1 N–H and O–H groups in total. The first-order valence-electron chi connectivity index (χ1n) is 6.13. The Labute approximate surface area is 117 Å². The zero-order chi connectivity index (χ0) is 14.2. The van der Waals surface area contributed by atoms with Crippen molar-refractivity contribution in [3.63, 3.8) is 0 Å². The van der Waals surface area contributed by atoms with E-state index in [1.54, 1.807) is 37.8 Å². The topological polar surface area (TPSA) is 64.1 Å². The van der Waals surface area contributed by atoms with Crippen LogP contribution in [-0.2, 0) is 11.3 Å². The second-order valence-electron chi connectivity index (χ2n) is 4.01. The number of pyridine rings is 2. The minimum atomic E-state index is -0.181. The zero-order valence-electron chi connectivity index (χ0n) is 11.1. The Bertz CT molecular complexity index is 597. The Balaban J connectivity index is 1.91. The molecule has 5 heteroatoms. The number of ether oxygens (including phenoxy) is 1. The lowest BCUT2D eigenvalue weighted by molar-refractivity contribution is -0.116. The zero-order valence-corrected chi connectivity index (χ0v) is 11.1. The molecule has 2 aromatic rings. The van der Waals surface area contributed by atoms with Crippen molar-refractivity contribution in [1.82, 2.24) is 15.3 Å². The summed E-state index contributed by atoms with van der Waals surface area (Å²) < 4.78 is 5.12. The summed E-state index contributed by atoms with van der Waals surface area (Å²) >= 11 is 0. The molecular formula is C15H15N3O2. The van der Waals surface area contributed by atoms with E-state index in [2.05, 4.69) is 15.3 Å². The molecule has 0 atom stereocenters. The summed E-state index contributed by atoms with van der Waals surface area (Å²) in [5.74, 6) is 0.337. The second kappa shape index (κ2) is 7.04. The maximum Gasteiger partial charge on any atom is 0.244 e. The molecule has 0 unspecified atom stereocenters. The van der Waals surface area contributed by atoms with Crippen LogP contribution >= 0.6 is 0 Å². The molecule has 0 saturated carbocycles. The van der Waals surface area contributed by atoms with E-state index in [1.165, 1.54) is 6.08 Å². The van der Waals surface area contributed by atoms with Crippen molar-refractivity contribution < 1.29 is 9.53 Å². The molecule has 0 aliphatic heterocycles. The van der Waals surface area contributed by atoms with Gasteiger partial charge in [0.1, 0.15) is 0 Å². The van der Waals surface area contributed by atoms with Gasteiger partial charge in [0.2, 0.25) is 11.8 Å². The molecule has 0 radical (unpaired) electrons. The summed E-state index contributed by atoms with van der Waals surface area (Å²) in [6, 6.07) is 7.35. The number of rotatable bonds is 5. The van der Waals surface area contributed by atoms with Gasteiger partial charge in [0.15, 0.2) is 0 Å². The molecule has 0 aliphatic carbocycles. The van der Waals surface area contributed by atoms with E-state index in [1.807, 2.05) is 18.2 Å². The van der Waals surface area contributed by atoms with Crippen molar-refractivity contribution in [2.45, 2.75) is 6.54 Å². The van der Waals surface area contributed by atoms with Gasteiger partial charge in [0.05, 0.1) is 7.11 Å². The van der Waals surface area contributed by atoms with Crippen LogP contribution in [-0.4, -0.2) is 23.0 Å². The quantitative estimate of drug-likeness (QED) is 0.841. The van der Waals surface area contributed by atoms with E-state index in [-0.39, 0.29) is 5.91 Å². The fourth-order valence-electron chi connectivity index (χ4n) is 1.63. The standard InChI is InChI=1S/C15H15N3O2/c1-20-15-13(5-3-9-17-15)11-18-14(19)7-6-12-4-2-8-16-10-12/h2-10H,11H2,1H3,(H,18,19)/b7-6+. The summed E-state index contributed by atoms with van der Waals surface area (Å²) in [6.07, 6.45) is 8.20. The number of hydrogen-bond acceptors (Lipinski definition) is 4. The lowest BCUT2D eigenvalue weighted by Crippen LogP contribution is -2.20. The number of carbonyl (C=O) groups is 1. The third kappa shape index (κ3) is 3.91. The van der Waals surface area contributed by atoms with Gasteiger partial charge in [0.25, 0.3) is 0 Å². The first-order chi connectivity index (χ1) is 9.79. The molecule has 0 fully saturated rings. The van der Waals surface area contributed by atoms with Crippen LogP contribution in [0.2, 0.25) is 0 Å². The molecule has 0 bridgehead atoms. The smallest absolute Gasteiger partial charge is 0.244 e. The van der Waals surface area contributed by atoms with Crippen molar-refractivity contribution in [1.29, 1.82) is 0 Å². The van der Waals surface area contributed by atoms with Crippen molar-refractivity contribution in [2.24, 2.45) is 0 Å². The number of carbonyl (C=O) groups excluding carboxylic acids is 1. The highest BCUT2D eigenvalue weighted by Gasteiger charge is 2.03. The molecule has 1 amide bonds. The fraction of sp³-hybridized carbons (Fsp3) is 0.133. The fourth-order valence-corrected chi connectivity index (χ4v) is 1.63. The molecule has 102 valence electrons. The summed E-state index contributed by atoms with van der Waals surface area (Å²) in [4.78, 5) is 19.7. The van der Waals surface area contributed by atoms with Crippen molar-refractivity contribution in [3.05, 3.63) is 60.1 Å². The van der Waals surface area contributed by atoms with E-state index in [9.17, 15) is 4.79 Å². The van der Waals surface area contributed by atoms with Crippen LogP contribution in [0.4, 0.5) is 0 Å². The van der Waals surface area contributed by atoms with E-state index < -0.39 is 0 Å². The Morgan fingerprint density at radius 2 is 2.20 bits per heavy atom. The van der Waals surface area contributed by atoms with Gasteiger partial charge in [-0.2, -0.15) is 0 Å². The average Bonchev–Trinajstić information content (AvgIpc) is 2.52. The van der Waals surface area contributed by atoms with Gasteiger partial charge in [-0.1, -0.05) is 12.1 Å². The Morgan fingerprint density at radius 3 is 2.95 bits per heavy atom. The average molecular weight is 269 g/mol. The predicted molar refractivity (Wildman–Crippen MR) is 75.9 cm³/mol. The number of hydrogen-bond donors (Lipinski definition) is 1. The van der Waals surface area contributed by atoms with Gasteiger partial charge in [-0.3, -0.25) is 9.78 Å². The minimum Gasteiger partial charge on any atom is -0.481 e. The van der Waals surface area contributed by atoms with Crippen LogP contribution in [0.15, 0.2) is 48.9 Å². The van der Waals surface area contributed by atoms with Crippen LogP contribution in [0.25, 0.3) is 6.08 Å². The highest BCUT2D eigenvalue weighted by atomic mass is 16.5. The largest absolute Gasteiger partial charge is 0.481 e. The van der Waals surface area contributed by atoms with Gasteiger partial charge in [-0.15, -0.1) is 0 Å². The second-order valence-corrected chi connectivity index (χ2v) is 4.01. The third-order valence-corrected chi connectivity index (χ3v) is 2.61.